The molecule has 5 aromatic rings. The molecule has 3 heterocycles. The summed E-state index contributed by atoms with van der Waals surface area (Å²) < 4.78 is 12.7. The zero-order valence-electron chi connectivity index (χ0n) is 17.4. The minimum Gasteiger partial charge on any atom is -0.497 e. The lowest BCUT2D eigenvalue weighted by Crippen LogP contribution is -2.22. The van der Waals surface area contributed by atoms with Crippen molar-refractivity contribution in [3.05, 3.63) is 83.3 Å². The molecular weight excluding hydrogens is 444 g/mol. The zero-order chi connectivity index (χ0) is 22.9. The Morgan fingerprint density at radius 3 is 2.73 bits per heavy atom. The molecule has 33 heavy (non-hydrogen) atoms. The van der Waals surface area contributed by atoms with Gasteiger partial charge in [-0.25, -0.2) is 0 Å². The highest BCUT2D eigenvalue weighted by Crippen LogP contribution is 2.28. The molecule has 0 atom stereocenters. The maximum atomic E-state index is 13.1. The van der Waals surface area contributed by atoms with Crippen LogP contribution in [0.4, 0.5) is 6.01 Å². The average Bonchev–Trinajstić information content (AvgIpc) is 3.40. The van der Waals surface area contributed by atoms with Gasteiger partial charge in [-0.2, -0.15) is 4.98 Å². The maximum Gasteiger partial charge on any atom is 0.302 e. The first-order valence-corrected chi connectivity index (χ1v) is 10.4. The van der Waals surface area contributed by atoms with Crippen molar-refractivity contribution >= 4 is 51.3 Å². The second-order valence-corrected chi connectivity index (χ2v) is 7.76. The minimum atomic E-state index is -0.858. The Morgan fingerprint density at radius 1 is 1.15 bits per heavy atom. The van der Waals surface area contributed by atoms with Gasteiger partial charge in [-0.15, -0.1) is 0 Å². The van der Waals surface area contributed by atoms with E-state index in [-0.39, 0.29) is 11.6 Å². The number of pyridine rings is 1. The summed E-state index contributed by atoms with van der Waals surface area (Å²) >= 11 is 5.99. The summed E-state index contributed by atoms with van der Waals surface area (Å²) in [5.74, 6) is -1.00. The van der Waals surface area contributed by atoms with Gasteiger partial charge in [0.15, 0.2) is 5.58 Å². The number of Topliss-reactive ketones (excluding diaryl/α,β-unsaturated/α-hetero) is 1. The van der Waals surface area contributed by atoms with Crippen LogP contribution in [0.2, 0.25) is 5.02 Å². The second kappa shape index (κ2) is 8.40. The van der Waals surface area contributed by atoms with E-state index in [1.807, 2.05) is 22.8 Å². The molecule has 0 fully saturated rings. The zero-order valence-corrected chi connectivity index (χ0v) is 18.2. The number of carbonyl (C=O) groups is 2. The van der Waals surface area contributed by atoms with Gasteiger partial charge in [0, 0.05) is 40.9 Å². The van der Waals surface area contributed by atoms with Crippen LogP contribution >= 0.6 is 11.6 Å². The number of carbonyl (C=O) groups excluding carboxylic acids is 2. The van der Waals surface area contributed by atoms with E-state index in [1.54, 1.807) is 49.8 Å². The third-order valence-electron chi connectivity index (χ3n) is 5.22. The number of halogens is 1. The van der Waals surface area contributed by atoms with Crippen LogP contribution in [0.5, 0.6) is 5.75 Å². The molecule has 2 aromatic carbocycles. The van der Waals surface area contributed by atoms with E-state index >= 15 is 0 Å². The van der Waals surface area contributed by atoms with Gasteiger partial charge in [-0.1, -0.05) is 23.7 Å². The molecule has 1 amide bonds. The lowest BCUT2D eigenvalue weighted by Gasteiger charge is -2.06. The summed E-state index contributed by atoms with van der Waals surface area (Å²) in [4.78, 5) is 34.0. The van der Waals surface area contributed by atoms with Crippen LogP contribution in [-0.4, -0.2) is 33.3 Å². The van der Waals surface area contributed by atoms with E-state index < -0.39 is 11.7 Å². The van der Waals surface area contributed by atoms with Crippen LogP contribution in [0.1, 0.15) is 15.9 Å². The number of fused-ring (bicyclic) bond motifs is 2. The molecule has 0 saturated carbocycles. The normalized spacial score (nSPS) is 11.1. The fourth-order valence-corrected chi connectivity index (χ4v) is 3.74. The lowest BCUT2D eigenvalue weighted by molar-refractivity contribution is -0.112. The summed E-state index contributed by atoms with van der Waals surface area (Å²) in [7, 11) is 1.54. The lowest BCUT2D eigenvalue weighted by atomic mass is 10.1. The number of nitrogens with one attached hydrogen (secondary N) is 1. The Balaban J connectivity index is 1.49. The van der Waals surface area contributed by atoms with Gasteiger partial charge in [-0.05, 0) is 35.9 Å². The van der Waals surface area contributed by atoms with Crippen molar-refractivity contribution in [3.63, 3.8) is 0 Å². The number of nitrogens with zero attached hydrogens (tertiary/aromatic N) is 3. The Bertz CT molecular complexity index is 1470. The molecule has 1 N–H and O–H groups in total. The first-order valence-electron chi connectivity index (χ1n) is 9.99. The number of oxazole rings is 1. The third-order valence-corrected chi connectivity index (χ3v) is 5.47. The van der Waals surface area contributed by atoms with E-state index in [4.69, 9.17) is 20.8 Å². The molecule has 8 nitrogen and oxygen atoms in total. The van der Waals surface area contributed by atoms with Gasteiger partial charge in [0.2, 0.25) is 0 Å². The Morgan fingerprint density at radius 2 is 1.97 bits per heavy atom. The van der Waals surface area contributed by atoms with Crippen molar-refractivity contribution in [3.8, 4) is 5.75 Å². The van der Waals surface area contributed by atoms with E-state index in [0.717, 1.165) is 11.1 Å². The minimum absolute atomic E-state index is 0.0705. The van der Waals surface area contributed by atoms with Crippen molar-refractivity contribution in [2.75, 3.05) is 12.4 Å². The van der Waals surface area contributed by atoms with Crippen molar-refractivity contribution in [1.29, 1.82) is 0 Å². The maximum absolute atomic E-state index is 13.1. The van der Waals surface area contributed by atoms with Gasteiger partial charge in [0.05, 0.1) is 18.9 Å². The van der Waals surface area contributed by atoms with Crippen molar-refractivity contribution in [2.24, 2.45) is 0 Å². The van der Waals surface area contributed by atoms with Crippen molar-refractivity contribution in [2.45, 2.75) is 6.54 Å². The quantitative estimate of drug-likeness (QED) is 0.291. The summed E-state index contributed by atoms with van der Waals surface area (Å²) in [5, 5.41) is 3.68. The van der Waals surface area contributed by atoms with Crippen LogP contribution in [0.15, 0.2) is 71.5 Å². The topological polar surface area (TPSA) is 99.2 Å². The molecule has 0 aliphatic carbocycles. The fourth-order valence-electron chi connectivity index (χ4n) is 3.61. The SMILES string of the molecule is COc1ccc2c(c1)c(C(=O)C(=O)Nc1nc3cnccc3o1)cn2Cc1ccc(Cl)cc1. The molecule has 0 aliphatic rings. The summed E-state index contributed by atoms with van der Waals surface area (Å²) in [6.07, 6.45) is 4.72. The van der Waals surface area contributed by atoms with Crippen LogP contribution in [-0.2, 0) is 11.3 Å². The molecule has 164 valence electrons. The predicted molar refractivity (Wildman–Crippen MR) is 124 cm³/mol. The van der Waals surface area contributed by atoms with Crippen LogP contribution in [0, 0.1) is 0 Å². The highest BCUT2D eigenvalue weighted by Gasteiger charge is 2.24. The van der Waals surface area contributed by atoms with Gasteiger partial charge in [0.25, 0.3) is 11.7 Å². The summed E-state index contributed by atoms with van der Waals surface area (Å²) in [6.45, 7) is 0.493. The molecular formula is C24H17ClN4O4. The number of benzene rings is 2. The van der Waals surface area contributed by atoms with Gasteiger partial charge in [-0.3, -0.25) is 19.9 Å². The second-order valence-electron chi connectivity index (χ2n) is 7.33. The van der Waals surface area contributed by atoms with Crippen molar-refractivity contribution in [1.82, 2.24) is 14.5 Å². The van der Waals surface area contributed by atoms with Crippen LogP contribution in [0.3, 0.4) is 0 Å². The monoisotopic (exact) mass is 460 g/mol. The van der Waals surface area contributed by atoms with Crippen LogP contribution < -0.4 is 10.1 Å². The molecule has 0 radical (unpaired) electrons. The first-order chi connectivity index (χ1) is 16.0. The molecule has 0 aliphatic heterocycles. The number of aromatic nitrogens is 3. The number of ketones is 1. The highest BCUT2D eigenvalue weighted by molar-refractivity contribution is 6.48. The van der Waals surface area contributed by atoms with Gasteiger partial charge >= 0.3 is 6.01 Å². The Labute approximate surface area is 192 Å². The third kappa shape index (κ3) is 4.04. The van der Waals surface area contributed by atoms with Gasteiger partial charge < -0.3 is 13.7 Å². The van der Waals surface area contributed by atoms with E-state index in [0.29, 0.717) is 33.8 Å². The van der Waals surface area contributed by atoms with E-state index in [9.17, 15) is 9.59 Å². The highest BCUT2D eigenvalue weighted by atomic mass is 35.5. The van der Waals surface area contributed by atoms with Gasteiger partial charge in [0.1, 0.15) is 11.3 Å². The number of hydrogen-bond donors (Lipinski definition) is 1. The predicted octanol–water partition coefficient (Wildman–Crippen LogP) is 4.71. The number of ether oxygens (including phenoxy) is 1. The first kappa shape index (κ1) is 20.7. The Kier molecular flexibility index (Phi) is 5.27. The summed E-state index contributed by atoms with van der Waals surface area (Å²) in [6, 6.07) is 14.4. The van der Waals surface area contributed by atoms with E-state index in [2.05, 4.69) is 15.3 Å². The largest absolute Gasteiger partial charge is 0.497 e. The smallest absolute Gasteiger partial charge is 0.302 e. The molecule has 0 spiro atoms. The molecule has 9 heteroatoms. The molecule has 3 aromatic heterocycles. The molecule has 0 saturated heterocycles. The summed E-state index contributed by atoms with van der Waals surface area (Å²) in [5.41, 5.74) is 2.96. The number of anilines is 1. The number of rotatable bonds is 6. The molecule has 5 rings (SSSR count). The Hall–Kier alpha value is -4.17. The average molecular weight is 461 g/mol. The molecule has 0 bridgehead atoms. The number of amides is 1. The molecule has 0 unspecified atom stereocenters. The number of hydrogen-bond acceptors (Lipinski definition) is 6. The number of methoxy groups -OCH3 is 1. The van der Waals surface area contributed by atoms with Crippen molar-refractivity contribution < 1.29 is 18.7 Å². The van der Waals surface area contributed by atoms with Crippen LogP contribution in [0.25, 0.3) is 22.0 Å². The standard InChI is InChI=1S/C24H17ClN4O4/c1-32-16-6-7-20-17(10-16)18(13-29(20)12-14-2-4-15(25)5-3-14)22(30)23(31)28-24-27-19-11-26-9-8-21(19)33-24/h2-11,13H,12H2,1H3,(H,27,28,31). The van der Waals surface area contributed by atoms with E-state index in [1.165, 1.54) is 6.20 Å². The fraction of sp³-hybridized carbons (Fsp3) is 0.0833.